The Morgan fingerprint density at radius 1 is 1.17 bits per heavy atom. The van der Waals surface area contributed by atoms with Gasteiger partial charge in [0.05, 0.1) is 6.54 Å². The van der Waals surface area contributed by atoms with Crippen molar-refractivity contribution in [1.29, 1.82) is 0 Å². The predicted molar refractivity (Wildman–Crippen MR) is 88.0 cm³/mol. The highest BCUT2D eigenvalue weighted by Crippen LogP contribution is 2.21. The molecule has 124 valence electrons. The van der Waals surface area contributed by atoms with E-state index in [1.165, 1.54) is 10.7 Å². The van der Waals surface area contributed by atoms with Gasteiger partial charge in [-0.2, -0.15) is 5.10 Å². The SMILES string of the molecule is O=C(C1CC=CCC1)N1CCN(CCn2ncccc2=O)CC1. The van der Waals surface area contributed by atoms with Crippen molar-refractivity contribution in [2.24, 2.45) is 5.92 Å². The van der Waals surface area contributed by atoms with Gasteiger partial charge >= 0.3 is 0 Å². The summed E-state index contributed by atoms with van der Waals surface area (Å²) in [4.78, 5) is 28.4. The maximum absolute atomic E-state index is 12.5. The van der Waals surface area contributed by atoms with Gasteiger partial charge in [0.2, 0.25) is 5.91 Å². The molecule has 1 unspecified atom stereocenters. The molecule has 2 heterocycles. The van der Waals surface area contributed by atoms with E-state index in [2.05, 4.69) is 22.2 Å². The zero-order chi connectivity index (χ0) is 16.1. The van der Waals surface area contributed by atoms with Crippen LogP contribution in [0.5, 0.6) is 0 Å². The third-order valence-corrected chi connectivity index (χ3v) is 4.72. The number of piperazine rings is 1. The fourth-order valence-electron chi connectivity index (χ4n) is 3.26. The second kappa shape index (κ2) is 7.55. The molecule has 1 saturated heterocycles. The summed E-state index contributed by atoms with van der Waals surface area (Å²) in [5.74, 6) is 0.494. The van der Waals surface area contributed by atoms with Crippen molar-refractivity contribution >= 4 is 5.91 Å². The van der Waals surface area contributed by atoms with Gasteiger partial charge in [0.1, 0.15) is 0 Å². The third kappa shape index (κ3) is 4.07. The van der Waals surface area contributed by atoms with Crippen LogP contribution in [0.3, 0.4) is 0 Å². The maximum Gasteiger partial charge on any atom is 0.266 e. The zero-order valence-electron chi connectivity index (χ0n) is 13.4. The lowest BCUT2D eigenvalue weighted by atomic mass is 9.93. The van der Waals surface area contributed by atoms with Crippen LogP contribution in [0.25, 0.3) is 0 Å². The number of amides is 1. The topological polar surface area (TPSA) is 58.4 Å². The van der Waals surface area contributed by atoms with E-state index in [-0.39, 0.29) is 11.5 Å². The molecule has 1 atom stereocenters. The lowest BCUT2D eigenvalue weighted by Gasteiger charge is -2.36. The molecule has 1 aromatic heterocycles. The van der Waals surface area contributed by atoms with Crippen molar-refractivity contribution in [3.8, 4) is 0 Å². The number of aromatic nitrogens is 2. The van der Waals surface area contributed by atoms with E-state index in [1.54, 1.807) is 12.3 Å². The van der Waals surface area contributed by atoms with Gasteiger partial charge in [-0.3, -0.25) is 14.5 Å². The number of carbonyl (C=O) groups is 1. The minimum Gasteiger partial charge on any atom is -0.340 e. The minimum absolute atomic E-state index is 0.0633. The maximum atomic E-state index is 12.5. The molecule has 6 heteroatoms. The molecule has 0 radical (unpaired) electrons. The smallest absolute Gasteiger partial charge is 0.266 e. The first-order chi connectivity index (χ1) is 11.2. The Balaban J connectivity index is 1.45. The molecule has 0 bridgehead atoms. The standard InChI is InChI=1S/C17H24N4O2/c22-16-7-4-8-18-21(16)14-11-19-9-12-20(13-10-19)17(23)15-5-2-1-3-6-15/h1-2,4,7-8,15H,3,5-6,9-14H2. The first-order valence-electron chi connectivity index (χ1n) is 8.42. The van der Waals surface area contributed by atoms with Crippen molar-refractivity contribution in [2.75, 3.05) is 32.7 Å². The van der Waals surface area contributed by atoms with Crippen LogP contribution in [-0.4, -0.2) is 58.2 Å². The van der Waals surface area contributed by atoms with E-state index in [4.69, 9.17) is 0 Å². The average molecular weight is 316 g/mol. The lowest BCUT2D eigenvalue weighted by molar-refractivity contribution is -0.137. The monoisotopic (exact) mass is 316 g/mol. The van der Waals surface area contributed by atoms with E-state index < -0.39 is 0 Å². The van der Waals surface area contributed by atoms with Crippen molar-refractivity contribution in [1.82, 2.24) is 19.6 Å². The van der Waals surface area contributed by atoms with E-state index >= 15 is 0 Å². The summed E-state index contributed by atoms with van der Waals surface area (Å²) in [5, 5.41) is 4.07. The summed E-state index contributed by atoms with van der Waals surface area (Å²) in [6.07, 6.45) is 8.83. The van der Waals surface area contributed by atoms with Gasteiger partial charge in [0.15, 0.2) is 0 Å². The van der Waals surface area contributed by atoms with E-state index in [0.717, 1.165) is 52.0 Å². The molecule has 2 aliphatic rings. The largest absolute Gasteiger partial charge is 0.340 e. The van der Waals surface area contributed by atoms with Gasteiger partial charge in [0.25, 0.3) is 5.56 Å². The lowest BCUT2D eigenvalue weighted by Crippen LogP contribution is -2.51. The third-order valence-electron chi connectivity index (χ3n) is 4.72. The van der Waals surface area contributed by atoms with Crippen LogP contribution in [0, 0.1) is 5.92 Å². The Kier molecular flexibility index (Phi) is 5.23. The fraction of sp³-hybridized carbons (Fsp3) is 0.588. The Bertz CT molecular complexity index is 617. The van der Waals surface area contributed by atoms with Crippen molar-refractivity contribution in [3.63, 3.8) is 0 Å². The summed E-state index contributed by atoms with van der Waals surface area (Å²) in [6, 6.07) is 3.19. The number of rotatable bonds is 4. The van der Waals surface area contributed by atoms with Gasteiger partial charge in [-0.25, -0.2) is 4.68 Å². The zero-order valence-corrected chi connectivity index (χ0v) is 13.4. The van der Waals surface area contributed by atoms with Gasteiger partial charge in [-0.15, -0.1) is 0 Å². The number of hydrogen-bond donors (Lipinski definition) is 0. The molecule has 3 rings (SSSR count). The summed E-state index contributed by atoms with van der Waals surface area (Å²) in [6.45, 7) is 4.71. The normalized spacial score (nSPS) is 22.3. The quantitative estimate of drug-likeness (QED) is 0.769. The Labute approximate surface area is 136 Å². The van der Waals surface area contributed by atoms with Crippen LogP contribution < -0.4 is 5.56 Å². The van der Waals surface area contributed by atoms with E-state index in [9.17, 15) is 9.59 Å². The average Bonchev–Trinajstić information content (AvgIpc) is 2.62. The van der Waals surface area contributed by atoms with Crippen LogP contribution in [0.1, 0.15) is 19.3 Å². The molecule has 6 nitrogen and oxygen atoms in total. The summed E-state index contributed by atoms with van der Waals surface area (Å²) in [5.41, 5.74) is -0.0633. The predicted octanol–water partition coefficient (Wildman–Crippen LogP) is 0.744. The first-order valence-corrected chi connectivity index (χ1v) is 8.42. The van der Waals surface area contributed by atoms with Gasteiger partial charge in [-0.05, 0) is 25.3 Å². The van der Waals surface area contributed by atoms with Crippen LogP contribution in [-0.2, 0) is 11.3 Å². The second-order valence-electron chi connectivity index (χ2n) is 6.23. The van der Waals surface area contributed by atoms with Crippen LogP contribution in [0.4, 0.5) is 0 Å². The summed E-state index contributed by atoms with van der Waals surface area (Å²) >= 11 is 0. The molecular formula is C17H24N4O2. The highest BCUT2D eigenvalue weighted by molar-refractivity contribution is 5.79. The number of carbonyl (C=O) groups excluding carboxylic acids is 1. The molecule has 1 aromatic rings. The van der Waals surface area contributed by atoms with E-state index in [1.807, 2.05) is 4.90 Å². The van der Waals surface area contributed by atoms with Crippen LogP contribution >= 0.6 is 0 Å². The molecule has 1 fully saturated rings. The fourth-order valence-corrected chi connectivity index (χ4v) is 3.26. The summed E-state index contributed by atoms with van der Waals surface area (Å²) < 4.78 is 1.49. The highest BCUT2D eigenvalue weighted by atomic mass is 16.2. The Morgan fingerprint density at radius 3 is 2.70 bits per heavy atom. The number of allylic oxidation sites excluding steroid dienone is 2. The Hall–Kier alpha value is -1.95. The summed E-state index contributed by atoms with van der Waals surface area (Å²) in [7, 11) is 0. The van der Waals surface area contributed by atoms with Gasteiger partial charge in [0, 0.05) is 50.9 Å². The molecule has 0 N–H and O–H groups in total. The van der Waals surface area contributed by atoms with Gasteiger partial charge in [-0.1, -0.05) is 12.2 Å². The van der Waals surface area contributed by atoms with E-state index in [0.29, 0.717) is 12.5 Å². The molecule has 1 aliphatic carbocycles. The Morgan fingerprint density at radius 2 is 2.00 bits per heavy atom. The van der Waals surface area contributed by atoms with Crippen molar-refractivity contribution in [3.05, 3.63) is 40.8 Å². The minimum atomic E-state index is -0.0633. The van der Waals surface area contributed by atoms with Crippen molar-refractivity contribution < 1.29 is 4.79 Å². The van der Waals surface area contributed by atoms with Gasteiger partial charge < -0.3 is 4.90 Å². The molecule has 0 saturated carbocycles. The molecule has 0 aromatic carbocycles. The number of hydrogen-bond acceptors (Lipinski definition) is 4. The molecule has 1 aliphatic heterocycles. The van der Waals surface area contributed by atoms with Crippen LogP contribution in [0.15, 0.2) is 35.3 Å². The molecule has 0 spiro atoms. The van der Waals surface area contributed by atoms with Crippen molar-refractivity contribution in [2.45, 2.75) is 25.8 Å². The molecule has 23 heavy (non-hydrogen) atoms. The second-order valence-corrected chi connectivity index (χ2v) is 6.23. The molecular weight excluding hydrogens is 292 g/mol. The van der Waals surface area contributed by atoms with Crippen LogP contribution in [0.2, 0.25) is 0 Å². The highest BCUT2D eigenvalue weighted by Gasteiger charge is 2.27. The number of nitrogens with zero attached hydrogens (tertiary/aromatic N) is 4. The first kappa shape index (κ1) is 15.9. The molecule has 1 amide bonds.